The number of rotatable bonds is 0. The standard InChI is InChI=1S/C5H9FNSi/c6-5-1-3-7(8)4-2-5/h5H,1-4H2. The van der Waals surface area contributed by atoms with Gasteiger partial charge in [0.25, 0.3) is 0 Å². The average Bonchev–Trinajstić information content (AvgIpc) is 1.77. The molecule has 8 heavy (non-hydrogen) atoms. The van der Waals surface area contributed by atoms with E-state index in [-0.39, 0.29) is 0 Å². The Hall–Kier alpha value is 0.107. The Morgan fingerprint density at radius 3 is 2.25 bits per heavy atom. The fourth-order valence-electron chi connectivity index (χ4n) is 0.848. The van der Waals surface area contributed by atoms with E-state index in [1.807, 2.05) is 4.57 Å². The number of hydrogen-bond donors (Lipinski definition) is 0. The van der Waals surface area contributed by atoms with Crippen molar-refractivity contribution < 1.29 is 4.39 Å². The van der Waals surface area contributed by atoms with E-state index in [1.165, 1.54) is 0 Å². The lowest BCUT2D eigenvalue weighted by Gasteiger charge is -2.23. The van der Waals surface area contributed by atoms with Gasteiger partial charge < -0.3 is 4.57 Å². The molecule has 0 amide bonds. The Bertz CT molecular complexity index is 60.8. The van der Waals surface area contributed by atoms with Crippen LogP contribution < -0.4 is 0 Å². The van der Waals surface area contributed by atoms with E-state index in [1.54, 1.807) is 0 Å². The lowest BCUT2D eigenvalue weighted by atomic mass is 10.1. The predicted molar refractivity (Wildman–Crippen MR) is 31.5 cm³/mol. The molecule has 0 spiro atoms. The van der Waals surface area contributed by atoms with Crippen LogP contribution in [0.4, 0.5) is 4.39 Å². The van der Waals surface area contributed by atoms with E-state index in [4.69, 9.17) is 0 Å². The first-order chi connectivity index (χ1) is 3.79. The molecule has 1 nitrogen and oxygen atoms in total. The highest BCUT2D eigenvalue weighted by molar-refractivity contribution is 6.04. The SMILES string of the molecule is FC1CCN([Si])CC1. The summed E-state index contributed by atoms with van der Waals surface area (Å²) in [7, 11) is 3.33. The van der Waals surface area contributed by atoms with Crippen molar-refractivity contribution in [1.29, 1.82) is 0 Å². The Kier molecular flexibility index (Phi) is 2.02. The summed E-state index contributed by atoms with van der Waals surface area (Å²) in [6.45, 7) is 1.69. The molecule has 0 aliphatic carbocycles. The van der Waals surface area contributed by atoms with Gasteiger partial charge in [-0.25, -0.2) is 4.39 Å². The molecule has 1 fully saturated rings. The quantitative estimate of drug-likeness (QED) is 0.432. The van der Waals surface area contributed by atoms with E-state index in [9.17, 15) is 4.39 Å². The van der Waals surface area contributed by atoms with Crippen LogP contribution in [0, 0.1) is 0 Å². The van der Waals surface area contributed by atoms with Crippen molar-refractivity contribution in [3.05, 3.63) is 0 Å². The lowest BCUT2D eigenvalue weighted by Crippen LogP contribution is -2.31. The van der Waals surface area contributed by atoms with Crippen molar-refractivity contribution in [3.63, 3.8) is 0 Å². The van der Waals surface area contributed by atoms with Gasteiger partial charge in [0.2, 0.25) is 0 Å². The smallest absolute Gasteiger partial charge is 0.143 e. The van der Waals surface area contributed by atoms with Crippen LogP contribution >= 0.6 is 0 Å². The second kappa shape index (κ2) is 2.59. The third kappa shape index (κ3) is 1.56. The Morgan fingerprint density at radius 2 is 1.88 bits per heavy atom. The molecular formula is C5H9FNSi. The summed E-state index contributed by atoms with van der Waals surface area (Å²) in [6, 6.07) is 0. The molecule has 1 saturated heterocycles. The van der Waals surface area contributed by atoms with Gasteiger partial charge in [-0.15, -0.1) is 0 Å². The minimum atomic E-state index is -0.553. The third-order valence-corrected chi connectivity index (χ3v) is 1.87. The zero-order valence-electron chi connectivity index (χ0n) is 4.73. The highest BCUT2D eigenvalue weighted by Gasteiger charge is 2.14. The number of halogens is 1. The Balaban J connectivity index is 2.19. The summed E-state index contributed by atoms with van der Waals surface area (Å²) in [5, 5.41) is 0. The maximum atomic E-state index is 12.3. The van der Waals surface area contributed by atoms with Crippen LogP contribution in [0.1, 0.15) is 12.8 Å². The normalized spacial score (nSPS) is 26.2. The maximum Gasteiger partial charge on any atom is 0.143 e. The van der Waals surface area contributed by atoms with E-state index >= 15 is 0 Å². The molecule has 3 heteroatoms. The second-order valence-electron chi connectivity index (χ2n) is 2.16. The molecule has 0 N–H and O–H groups in total. The van der Waals surface area contributed by atoms with Gasteiger partial charge in [-0.05, 0) is 25.9 Å². The van der Waals surface area contributed by atoms with Gasteiger partial charge in [-0.1, -0.05) is 0 Å². The number of alkyl halides is 1. The van der Waals surface area contributed by atoms with Crippen LogP contribution in [0.3, 0.4) is 0 Å². The monoisotopic (exact) mass is 130 g/mol. The predicted octanol–water partition coefficient (Wildman–Crippen LogP) is 0.504. The summed E-state index contributed by atoms with van der Waals surface area (Å²) in [5.41, 5.74) is 0. The number of nitrogens with zero attached hydrogens (tertiary/aromatic N) is 1. The zero-order chi connectivity index (χ0) is 5.98. The molecule has 1 heterocycles. The van der Waals surface area contributed by atoms with Crippen LogP contribution in [0.15, 0.2) is 0 Å². The van der Waals surface area contributed by atoms with Crippen LogP contribution in [-0.2, 0) is 0 Å². The fraction of sp³-hybridized carbons (Fsp3) is 1.00. The van der Waals surface area contributed by atoms with Crippen LogP contribution in [0.2, 0.25) is 0 Å². The molecule has 0 aromatic carbocycles. The summed E-state index contributed by atoms with van der Waals surface area (Å²) in [6.07, 6.45) is 0.815. The van der Waals surface area contributed by atoms with Gasteiger partial charge in [0.1, 0.15) is 16.6 Å². The largest absolute Gasteiger partial charge is 0.327 e. The van der Waals surface area contributed by atoms with Crippen LogP contribution in [-0.4, -0.2) is 34.2 Å². The van der Waals surface area contributed by atoms with E-state index in [0.717, 1.165) is 13.1 Å². The van der Waals surface area contributed by atoms with Crippen LogP contribution in [0.5, 0.6) is 0 Å². The molecule has 0 aromatic rings. The first-order valence-corrected chi connectivity index (χ1v) is 3.34. The van der Waals surface area contributed by atoms with Gasteiger partial charge in [0.15, 0.2) is 0 Å². The molecule has 0 aromatic heterocycles. The van der Waals surface area contributed by atoms with Crippen molar-refractivity contribution in [2.75, 3.05) is 13.1 Å². The highest BCUT2D eigenvalue weighted by Crippen LogP contribution is 2.10. The maximum absolute atomic E-state index is 12.3. The lowest BCUT2D eigenvalue weighted by molar-refractivity contribution is 0.214. The first-order valence-electron chi connectivity index (χ1n) is 2.89. The van der Waals surface area contributed by atoms with E-state index in [2.05, 4.69) is 10.4 Å². The Labute approximate surface area is 52.4 Å². The second-order valence-corrected chi connectivity index (χ2v) is 2.79. The molecule has 0 bridgehead atoms. The summed E-state index contributed by atoms with van der Waals surface area (Å²) in [4.78, 5) is 0. The van der Waals surface area contributed by atoms with Crippen molar-refractivity contribution in [2.24, 2.45) is 0 Å². The molecule has 0 saturated carbocycles. The average molecular weight is 130 g/mol. The molecule has 3 radical (unpaired) electrons. The van der Waals surface area contributed by atoms with E-state index < -0.39 is 6.17 Å². The summed E-state index contributed by atoms with van der Waals surface area (Å²) >= 11 is 0. The highest BCUT2D eigenvalue weighted by atomic mass is 28.2. The van der Waals surface area contributed by atoms with Crippen molar-refractivity contribution in [3.8, 4) is 0 Å². The molecule has 0 unspecified atom stereocenters. The van der Waals surface area contributed by atoms with Crippen molar-refractivity contribution in [2.45, 2.75) is 19.0 Å². The first kappa shape index (κ1) is 6.23. The number of piperidine rings is 1. The number of hydrogen-bond acceptors (Lipinski definition) is 1. The minimum absolute atomic E-state index is 0.553. The topological polar surface area (TPSA) is 3.24 Å². The Morgan fingerprint density at radius 1 is 1.38 bits per heavy atom. The zero-order valence-corrected chi connectivity index (χ0v) is 5.73. The summed E-state index contributed by atoms with van der Waals surface area (Å²) < 4.78 is 14.3. The van der Waals surface area contributed by atoms with E-state index in [0.29, 0.717) is 12.8 Å². The van der Waals surface area contributed by atoms with Crippen molar-refractivity contribution >= 4 is 10.4 Å². The molecule has 45 valence electrons. The minimum Gasteiger partial charge on any atom is -0.327 e. The van der Waals surface area contributed by atoms with Gasteiger partial charge in [0, 0.05) is 0 Å². The van der Waals surface area contributed by atoms with Crippen LogP contribution in [0.25, 0.3) is 0 Å². The molecular weight excluding hydrogens is 121 g/mol. The molecule has 1 aliphatic rings. The molecule has 1 rings (SSSR count). The van der Waals surface area contributed by atoms with Gasteiger partial charge >= 0.3 is 0 Å². The summed E-state index contributed by atoms with van der Waals surface area (Å²) in [5.74, 6) is 0. The van der Waals surface area contributed by atoms with Crippen molar-refractivity contribution in [1.82, 2.24) is 4.57 Å². The van der Waals surface area contributed by atoms with Gasteiger partial charge in [-0.3, -0.25) is 0 Å². The molecule has 0 atom stereocenters. The third-order valence-electron chi connectivity index (χ3n) is 1.42. The fourth-order valence-corrected chi connectivity index (χ4v) is 1.11. The molecule has 1 aliphatic heterocycles. The van der Waals surface area contributed by atoms with Gasteiger partial charge in [-0.2, -0.15) is 0 Å². The van der Waals surface area contributed by atoms with Gasteiger partial charge in [0.05, 0.1) is 0 Å².